The Morgan fingerprint density at radius 1 is 1.12 bits per heavy atom. The maximum absolute atomic E-state index is 12.5. The molecule has 0 aliphatic heterocycles. The van der Waals surface area contributed by atoms with Gasteiger partial charge in [0.15, 0.2) is 0 Å². The molecule has 1 heterocycles. The predicted molar refractivity (Wildman–Crippen MR) is 99.9 cm³/mol. The van der Waals surface area contributed by atoms with E-state index in [4.69, 9.17) is 4.74 Å². The minimum Gasteiger partial charge on any atom is -0.473 e. The molecule has 0 unspecified atom stereocenters. The van der Waals surface area contributed by atoms with Crippen LogP contribution < -0.4 is 10.1 Å². The average molecular weight is 334 g/mol. The molecule has 0 bridgehead atoms. The Bertz CT molecular complexity index is 873. The Morgan fingerprint density at radius 3 is 2.64 bits per heavy atom. The smallest absolute Gasteiger partial charge is 0.252 e. The van der Waals surface area contributed by atoms with Crippen molar-refractivity contribution in [1.82, 2.24) is 10.3 Å². The van der Waals surface area contributed by atoms with Crippen LogP contribution in [0.15, 0.2) is 54.6 Å². The first-order chi connectivity index (χ1) is 12.2. The zero-order valence-electron chi connectivity index (χ0n) is 14.6. The van der Waals surface area contributed by atoms with Crippen LogP contribution in [0, 0.1) is 6.92 Å². The van der Waals surface area contributed by atoms with E-state index in [-0.39, 0.29) is 5.91 Å². The SMILES string of the molecule is CCCNC(=O)c1cc(OCc2ccc(C)cc2)nc2ccccc12. The molecule has 0 saturated heterocycles. The summed E-state index contributed by atoms with van der Waals surface area (Å²) >= 11 is 0. The molecular formula is C21H22N2O2. The van der Waals surface area contributed by atoms with Crippen molar-refractivity contribution in [3.8, 4) is 5.88 Å². The maximum Gasteiger partial charge on any atom is 0.252 e. The molecule has 0 aliphatic rings. The minimum absolute atomic E-state index is 0.0966. The molecule has 1 N–H and O–H groups in total. The van der Waals surface area contributed by atoms with Crippen molar-refractivity contribution >= 4 is 16.8 Å². The standard InChI is InChI=1S/C21H22N2O2/c1-3-12-22-21(24)18-13-20(23-19-7-5-4-6-17(18)19)25-14-16-10-8-15(2)9-11-16/h4-11,13H,3,12,14H2,1-2H3,(H,22,24). The third kappa shape index (κ3) is 4.15. The molecule has 1 aromatic heterocycles. The number of fused-ring (bicyclic) bond motifs is 1. The average Bonchev–Trinajstić information content (AvgIpc) is 2.65. The molecule has 0 atom stereocenters. The Morgan fingerprint density at radius 2 is 1.88 bits per heavy atom. The largest absolute Gasteiger partial charge is 0.473 e. The summed E-state index contributed by atoms with van der Waals surface area (Å²) < 4.78 is 5.84. The van der Waals surface area contributed by atoms with Crippen LogP contribution in [0.2, 0.25) is 0 Å². The molecule has 4 nitrogen and oxygen atoms in total. The highest BCUT2D eigenvalue weighted by Crippen LogP contribution is 2.22. The summed E-state index contributed by atoms with van der Waals surface area (Å²) in [7, 11) is 0. The molecule has 0 saturated carbocycles. The number of aryl methyl sites for hydroxylation is 1. The van der Waals surface area contributed by atoms with Gasteiger partial charge >= 0.3 is 0 Å². The second-order valence-electron chi connectivity index (χ2n) is 6.06. The van der Waals surface area contributed by atoms with Crippen molar-refractivity contribution in [2.24, 2.45) is 0 Å². The molecule has 4 heteroatoms. The van der Waals surface area contributed by atoms with E-state index in [2.05, 4.69) is 29.4 Å². The number of hydrogen-bond donors (Lipinski definition) is 1. The Labute approximate surface area is 147 Å². The van der Waals surface area contributed by atoms with Gasteiger partial charge in [-0.05, 0) is 25.0 Å². The maximum atomic E-state index is 12.5. The van der Waals surface area contributed by atoms with Gasteiger partial charge in [0.2, 0.25) is 5.88 Å². The summed E-state index contributed by atoms with van der Waals surface area (Å²) in [6.07, 6.45) is 0.894. The Hall–Kier alpha value is -2.88. The number of benzene rings is 2. The van der Waals surface area contributed by atoms with Crippen LogP contribution in [0.5, 0.6) is 5.88 Å². The molecule has 0 radical (unpaired) electrons. The highest BCUT2D eigenvalue weighted by Gasteiger charge is 2.13. The molecule has 0 spiro atoms. The summed E-state index contributed by atoms with van der Waals surface area (Å²) in [6, 6.07) is 17.5. The highest BCUT2D eigenvalue weighted by molar-refractivity contribution is 6.06. The van der Waals surface area contributed by atoms with Crippen LogP contribution >= 0.6 is 0 Å². The van der Waals surface area contributed by atoms with E-state index in [0.717, 1.165) is 22.9 Å². The van der Waals surface area contributed by atoms with Gasteiger partial charge in [-0.25, -0.2) is 4.98 Å². The molecule has 3 rings (SSSR count). The fourth-order valence-electron chi connectivity index (χ4n) is 2.59. The van der Waals surface area contributed by atoms with Gasteiger partial charge in [-0.3, -0.25) is 4.79 Å². The van der Waals surface area contributed by atoms with Gasteiger partial charge in [0, 0.05) is 18.0 Å². The van der Waals surface area contributed by atoms with Gasteiger partial charge in [0.1, 0.15) is 6.61 Å². The van der Waals surface area contributed by atoms with Gasteiger partial charge in [-0.15, -0.1) is 0 Å². The third-order valence-corrected chi connectivity index (χ3v) is 3.98. The normalized spacial score (nSPS) is 10.6. The summed E-state index contributed by atoms with van der Waals surface area (Å²) in [6.45, 7) is 5.15. The second-order valence-corrected chi connectivity index (χ2v) is 6.06. The number of nitrogens with zero attached hydrogens (tertiary/aromatic N) is 1. The molecular weight excluding hydrogens is 312 g/mol. The van der Waals surface area contributed by atoms with Crippen LogP contribution in [-0.2, 0) is 6.61 Å². The zero-order valence-corrected chi connectivity index (χ0v) is 14.6. The second kappa shape index (κ2) is 7.79. The van der Waals surface area contributed by atoms with E-state index in [9.17, 15) is 4.79 Å². The lowest BCUT2D eigenvalue weighted by Gasteiger charge is -2.11. The van der Waals surface area contributed by atoms with Crippen LogP contribution in [0.3, 0.4) is 0 Å². The third-order valence-electron chi connectivity index (χ3n) is 3.98. The highest BCUT2D eigenvalue weighted by atomic mass is 16.5. The number of nitrogens with one attached hydrogen (secondary N) is 1. The van der Waals surface area contributed by atoms with Crippen molar-refractivity contribution in [2.45, 2.75) is 26.9 Å². The van der Waals surface area contributed by atoms with Gasteiger partial charge < -0.3 is 10.1 Å². The number of para-hydroxylation sites is 1. The number of pyridine rings is 1. The fraction of sp³-hybridized carbons (Fsp3) is 0.238. The number of ether oxygens (including phenoxy) is 1. The monoisotopic (exact) mass is 334 g/mol. The number of rotatable bonds is 6. The molecule has 0 aliphatic carbocycles. The van der Waals surface area contributed by atoms with Crippen molar-refractivity contribution < 1.29 is 9.53 Å². The lowest BCUT2D eigenvalue weighted by atomic mass is 10.1. The van der Waals surface area contributed by atoms with Crippen molar-refractivity contribution in [3.05, 3.63) is 71.3 Å². The Balaban J connectivity index is 1.87. The Kier molecular flexibility index (Phi) is 5.29. The van der Waals surface area contributed by atoms with E-state index in [1.54, 1.807) is 6.07 Å². The minimum atomic E-state index is -0.0966. The van der Waals surface area contributed by atoms with E-state index in [1.807, 2.05) is 43.3 Å². The van der Waals surface area contributed by atoms with Crippen molar-refractivity contribution in [3.63, 3.8) is 0 Å². The molecule has 128 valence electrons. The molecule has 1 amide bonds. The number of carbonyl (C=O) groups excluding carboxylic acids is 1. The van der Waals surface area contributed by atoms with E-state index >= 15 is 0 Å². The molecule has 3 aromatic rings. The van der Waals surface area contributed by atoms with Crippen LogP contribution in [0.25, 0.3) is 10.9 Å². The van der Waals surface area contributed by atoms with E-state index in [0.29, 0.717) is 24.6 Å². The molecule has 25 heavy (non-hydrogen) atoms. The van der Waals surface area contributed by atoms with Gasteiger partial charge in [-0.1, -0.05) is 55.0 Å². The quantitative estimate of drug-likeness (QED) is 0.733. The summed E-state index contributed by atoms with van der Waals surface area (Å²) in [4.78, 5) is 17.0. The number of carbonyl (C=O) groups is 1. The first-order valence-electron chi connectivity index (χ1n) is 8.53. The lowest BCUT2D eigenvalue weighted by Crippen LogP contribution is -2.24. The first-order valence-corrected chi connectivity index (χ1v) is 8.53. The summed E-state index contributed by atoms with van der Waals surface area (Å²) in [5.41, 5.74) is 3.63. The summed E-state index contributed by atoms with van der Waals surface area (Å²) in [5, 5.41) is 3.76. The van der Waals surface area contributed by atoms with Crippen LogP contribution in [0.1, 0.15) is 34.8 Å². The van der Waals surface area contributed by atoms with Crippen molar-refractivity contribution in [2.75, 3.05) is 6.54 Å². The molecule has 0 fully saturated rings. The van der Waals surface area contributed by atoms with E-state index in [1.165, 1.54) is 5.56 Å². The predicted octanol–water partition coefficient (Wildman–Crippen LogP) is 4.26. The first kappa shape index (κ1) is 17.0. The van der Waals surface area contributed by atoms with Crippen molar-refractivity contribution in [1.29, 1.82) is 0 Å². The van der Waals surface area contributed by atoms with Crippen LogP contribution in [-0.4, -0.2) is 17.4 Å². The van der Waals surface area contributed by atoms with Gasteiger partial charge in [0.25, 0.3) is 5.91 Å². The number of hydrogen-bond acceptors (Lipinski definition) is 3. The number of aromatic nitrogens is 1. The van der Waals surface area contributed by atoms with Crippen LogP contribution in [0.4, 0.5) is 0 Å². The van der Waals surface area contributed by atoms with E-state index < -0.39 is 0 Å². The summed E-state index contributed by atoms with van der Waals surface area (Å²) in [5.74, 6) is 0.363. The van der Waals surface area contributed by atoms with Gasteiger partial charge in [-0.2, -0.15) is 0 Å². The lowest BCUT2D eigenvalue weighted by molar-refractivity contribution is 0.0954. The zero-order chi connectivity index (χ0) is 17.6. The number of amides is 1. The fourth-order valence-corrected chi connectivity index (χ4v) is 2.59. The van der Waals surface area contributed by atoms with Gasteiger partial charge in [0.05, 0.1) is 11.1 Å². The topological polar surface area (TPSA) is 51.2 Å². The molecule has 2 aromatic carbocycles.